The van der Waals surface area contributed by atoms with Gasteiger partial charge in [0.05, 0.1) is 12.2 Å². The molecule has 0 saturated heterocycles. The highest BCUT2D eigenvalue weighted by Gasteiger charge is 2.23. The molecule has 0 amide bonds. The molecule has 0 aliphatic rings. The van der Waals surface area contributed by atoms with E-state index in [9.17, 15) is 4.79 Å². The Morgan fingerprint density at radius 3 is 2.40 bits per heavy atom. The lowest BCUT2D eigenvalue weighted by Gasteiger charge is -2.09. The quantitative estimate of drug-likeness (QED) is 0.339. The zero-order valence-corrected chi connectivity index (χ0v) is 9.95. The van der Waals surface area contributed by atoms with E-state index in [1.165, 1.54) is 6.08 Å². The van der Waals surface area contributed by atoms with Gasteiger partial charge in [0.15, 0.2) is 0 Å². The summed E-state index contributed by atoms with van der Waals surface area (Å²) < 4.78 is 4.95. The monoisotopic (exact) mass is 274 g/mol. The Kier molecular flexibility index (Phi) is 6.23. The van der Waals surface area contributed by atoms with Crippen molar-refractivity contribution in [3.63, 3.8) is 0 Å². The lowest BCUT2D eigenvalue weighted by atomic mass is 9.76. The smallest absolute Gasteiger partial charge is 0.462 e. The van der Waals surface area contributed by atoms with Gasteiger partial charge in [0.25, 0.3) is 0 Å². The van der Waals surface area contributed by atoms with Crippen LogP contribution in [0.3, 0.4) is 0 Å². The Morgan fingerprint density at radius 2 is 2.13 bits per heavy atom. The van der Waals surface area contributed by atoms with Crippen LogP contribution in [-0.4, -0.2) is 29.7 Å². The number of carbonyl (C=O) groups excluding carboxylic acids is 1. The maximum absolute atomic E-state index is 11.4. The molecular formula is C9H12BBrO4. The van der Waals surface area contributed by atoms with Gasteiger partial charge >= 0.3 is 13.1 Å². The third-order valence-corrected chi connectivity index (χ3v) is 1.93. The molecule has 0 unspecified atom stereocenters. The van der Waals surface area contributed by atoms with Gasteiger partial charge in [-0.05, 0) is 12.4 Å². The van der Waals surface area contributed by atoms with Crippen molar-refractivity contribution in [2.75, 3.05) is 6.61 Å². The van der Waals surface area contributed by atoms with Gasteiger partial charge in [-0.25, -0.2) is 4.79 Å². The van der Waals surface area contributed by atoms with Gasteiger partial charge in [0.2, 0.25) is 0 Å². The lowest BCUT2D eigenvalue weighted by Crippen LogP contribution is -2.20. The van der Waals surface area contributed by atoms with Crippen LogP contribution in [-0.2, 0) is 9.53 Å². The molecule has 0 spiro atoms. The Morgan fingerprint density at radius 1 is 1.60 bits per heavy atom. The molecule has 0 aromatic heterocycles. The minimum atomic E-state index is -1.80. The zero-order chi connectivity index (χ0) is 12.0. The van der Waals surface area contributed by atoms with Crippen LogP contribution < -0.4 is 0 Å². The average Bonchev–Trinajstić information content (AvgIpc) is 2.12. The lowest BCUT2D eigenvalue weighted by molar-refractivity contribution is -0.138. The minimum Gasteiger partial charge on any atom is -0.462 e. The molecule has 6 heteroatoms. The van der Waals surface area contributed by atoms with Gasteiger partial charge in [-0.2, -0.15) is 0 Å². The summed E-state index contributed by atoms with van der Waals surface area (Å²) >= 11 is 3.00. The van der Waals surface area contributed by atoms with Crippen molar-refractivity contribution >= 4 is 29.0 Å². The van der Waals surface area contributed by atoms with Crippen molar-refractivity contribution in [1.82, 2.24) is 0 Å². The molecule has 0 rings (SSSR count). The van der Waals surface area contributed by atoms with E-state index >= 15 is 0 Å². The predicted octanol–water partition coefficient (Wildman–Crippen LogP) is 0.953. The molecule has 82 valence electrons. The van der Waals surface area contributed by atoms with Crippen LogP contribution in [0.25, 0.3) is 0 Å². The van der Waals surface area contributed by atoms with Crippen LogP contribution in [0.15, 0.2) is 34.8 Å². The van der Waals surface area contributed by atoms with E-state index in [1.807, 2.05) is 0 Å². The number of rotatable bonds is 5. The van der Waals surface area contributed by atoms with Gasteiger partial charge in [0, 0.05) is 4.48 Å². The molecule has 4 nitrogen and oxygen atoms in total. The Labute approximate surface area is 97.2 Å². The predicted molar refractivity (Wildman–Crippen MR) is 62.1 cm³/mol. The van der Waals surface area contributed by atoms with Gasteiger partial charge in [-0.3, -0.25) is 0 Å². The Hall–Kier alpha value is -0.845. The standard InChI is InChI=1S/C9H12BBrO4/c1-4-7(10(13)14)8(6(3)11)9(12)15-5-2/h4,13-14H,1,3,5H2,2H3/b8-7-. The molecule has 0 fully saturated rings. The van der Waals surface area contributed by atoms with E-state index < -0.39 is 13.1 Å². The first kappa shape index (κ1) is 14.2. The first-order valence-electron chi connectivity index (χ1n) is 4.20. The second-order valence-corrected chi connectivity index (χ2v) is 3.49. The van der Waals surface area contributed by atoms with E-state index in [0.717, 1.165) is 0 Å². The Bertz CT molecular complexity index is 309. The molecule has 0 aromatic rings. The fourth-order valence-corrected chi connectivity index (χ4v) is 1.32. The number of allylic oxidation sites excluding steroid dienone is 2. The molecule has 0 heterocycles. The molecule has 0 atom stereocenters. The average molecular weight is 275 g/mol. The number of ether oxygens (including phenoxy) is 1. The fraction of sp³-hybridized carbons (Fsp3) is 0.222. The van der Waals surface area contributed by atoms with Crippen molar-refractivity contribution in [3.8, 4) is 0 Å². The van der Waals surface area contributed by atoms with Gasteiger partial charge in [0.1, 0.15) is 0 Å². The van der Waals surface area contributed by atoms with Crippen LogP contribution in [0.4, 0.5) is 0 Å². The highest BCUT2D eigenvalue weighted by Crippen LogP contribution is 2.21. The molecule has 0 aliphatic carbocycles. The second-order valence-electron chi connectivity index (χ2n) is 2.53. The molecule has 0 saturated carbocycles. The number of halogens is 1. The van der Waals surface area contributed by atoms with Crippen molar-refractivity contribution < 1.29 is 19.6 Å². The van der Waals surface area contributed by atoms with Gasteiger partial charge in [-0.15, -0.1) is 0 Å². The first-order chi connectivity index (χ1) is 6.95. The molecule has 0 radical (unpaired) electrons. The van der Waals surface area contributed by atoms with E-state index in [1.54, 1.807) is 6.92 Å². The van der Waals surface area contributed by atoms with Crippen molar-refractivity contribution in [3.05, 3.63) is 34.8 Å². The molecule has 0 aliphatic heterocycles. The van der Waals surface area contributed by atoms with Crippen LogP contribution in [0.5, 0.6) is 0 Å². The summed E-state index contributed by atoms with van der Waals surface area (Å²) in [5.74, 6) is -0.678. The summed E-state index contributed by atoms with van der Waals surface area (Å²) in [7, 11) is -1.80. The largest absolute Gasteiger partial charge is 0.489 e. The number of carbonyl (C=O) groups is 1. The van der Waals surface area contributed by atoms with E-state index in [4.69, 9.17) is 14.8 Å². The van der Waals surface area contributed by atoms with E-state index in [2.05, 4.69) is 29.1 Å². The SMILES string of the molecule is C=C/C(B(O)O)=C(\C(=C)Br)C(=O)OCC. The molecule has 2 N–H and O–H groups in total. The topological polar surface area (TPSA) is 66.8 Å². The highest BCUT2D eigenvalue weighted by molar-refractivity contribution is 9.12. The molecular weight excluding hydrogens is 263 g/mol. The van der Waals surface area contributed by atoms with Gasteiger partial charge in [-0.1, -0.05) is 35.2 Å². The van der Waals surface area contributed by atoms with E-state index in [-0.39, 0.29) is 22.1 Å². The van der Waals surface area contributed by atoms with Crippen LogP contribution in [0, 0.1) is 0 Å². The van der Waals surface area contributed by atoms with Crippen LogP contribution >= 0.6 is 15.9 Å². The van der Waals surface area contributed by atoms with Crippen LogP contribution in [0.1, 0.15) is 6.92 Å². The summed E-state index contributed by atoms with van der Waals surface area (Å²) in [6.07, 6.45) is 1.17. The summed E-state index contributed by atoms with van der Waals surface area (Å²) in [5, 5.41) is 18.0. The van der Waals surface area contributed by atoms with Crippen molar-refractivity contribution in [1.29, 1.82) is 0 Å². The number of hydrogen-bond acceptors (Lipinski definition) is 4. The summed E-state index contributed by atoms with van der Waals surface area (Å²) in [5.41, 5.74) is -0.0721. The zero-order valence-electron chi connectivity index (χ0n) is 8.36. The Balaban J connectivity index is 5.34. The third kappa shape index (κ3) is 4.03. The fourth-order valence-electron chi connectivity index (χ4n) is 0.925. The highest BCUT2D eigenvalue weighted by atomic mass is 79.9. The second kappa shape index (κ2) is 6.60. The molecule has 15 heavy (non-hydrogen) atoms. The number of hydrogen-bond donors (Lipinski definition) is 2. The van der Waals surface area contributed by atoms with Crippen molar-refractivity contribution in [2.24, 2.45) is 0 Å². The third-order valence-electron chi connectivity index (χ3n) is 1.54. The van der Waals surface area contributed by atoms with Crippen molar-refractivity contribution in [2.45, 2.75) is 6.92 Å². The number of esters is 1. The summed E-state index contributed by atoms with van der Waals surface area (Å²) in [6, 6.07) is 0. The van der Waals surface area contributed by atoms with Gasteiger partial charge < -0.3 is 14.8 Å². The summed E-state index contributed by atoms with van der Waals surface area (Å²) in [4.78, 5) is 11.4. The molecule has 0 bridgehead atoms. The first-order valence-corrected chi connectivity index (χ1v) is 4.99. The van der Waals surface area contributed by atoms with E-state index in [0.29, 0.717) is 0 Å². The normalized spacial score (nSPS) is 11.5. The minimum absolute atomic E-state index is 0.0261. The maximum Gasteiger partial charge on any atom is 0.489 e. The molecule has 0 aromatic carbocycles. The summed E-state index contributed by atoms with van der Waals surface area (Å²) in [6.45, 7) is 8.72. The maximum atomic E-state index is 11.4. The van der Waals surface area contributed by atoms with Crippen LogP contribution in [0.2, 0.25) is 0 Å².